The molecule has 0 saturated heterocycles. The van der Waals surface area contributed by atoms with E-state index in [9.17, 15) is 0 Å². The number of allylic oxidation sites excluding steroid dienone is 2. The lowest BCUT2D eigenvalue weighted by atomic mass is 9.37. The van der Waals surface area contributed by atoms with Crippen molar-refractivity contribution in [3.05, 3.63) is 154 Å². The van der Waals surface area contributed by atoms with Crippen molar-refractivity contribution < 1.29 is 0 Å². The van der Waals surface area contributed by atoms with Crippen molar-refractivity contribution in [3.8, 4) is 0 Å². The van der Waals surface area contributed by atoms with E-state index < -0.39 is 0 Å². The summed E-state index contributed by atoms with van der Waals surface area (Å²) < 4.78 is 0. The van der Waals surface area contributed by atoms with Crippen LogP contribution in [0.25, 0.3) is 12.2 Å². The molecule has 4 aromatic rings. The van der Waals surface area contributed by atoms with Crippen LogP contribution >= 0.6 is 0 Å². The predicted octanol–water partition coefficient (Wildman–Crippen LogP) is 7.94. The van der Waals surface area contributed by atoms with Crippen LogP contribution in [0.15, 0.2) is 120 Å². The highest BCUT2D eigenvalue weighted by Gasteiger charge is 2.66. The van der Waals surface area contributed by atoms with Gasteiger partial charge in [0, 0.05) is 10.8 Å². The van der Waals surface area contributed by atoms with Gasteiger partial charge in [0.25, 0.3) is 0 Å². The van der Waals surface area contributed by atoms with Gasteiger partial charge in [-0.3, -0.25) is 0 Å². The molecule has 34 heavy (non-hydrogen) atoms. The largest absolute Gasteiger partial charge is 0.0622 e. The van der Waals surface area contributed by atoms with Gasteiger partial charge < -0.3 is 0 Å². The van der Waals surface area contributed by atoms with Gasteiger partial charge in [-0.15, -0.1) is 0 Å². The molecule has 0 spiro atoms. The Balaban J connectivity index is 1.58. The van der Waals surface area contributed by atoms with E-state index >= 15 is 0 Å². The molecule has 0 aromatic heterocycles. The third-order valence-corrected chi connectivity index (χ3v) is 8.72. The SMILES string of the molecule is C1=C2C3=Cc4ccccc4CC[C@@]3(c3ccccc3)[C@]2(c2ccccc2)CCc2ccccc21. The highest BCUT2D eigenvalue weighted by molar-refractivity contribution is 5.85. The van der Waals surface area contributed by atoms with Gasteiger partial charge in [0.1, 0.15) is 0 Å². The molecule has 164 valence electrons. The molecule has 0 N–H and O–H groups in total. The van der Waals surface area contributed by atoms with Crippen LogP contribution < -0.4 is 0 Å². The Labute approximate surface area is 202 Å². The van der Waals surface area contributed by atoms with Crippen molar-refractivity contribution in [1.82, 2.24) is 0 Å². The summed E-state index contributed by atoms with van der Waals surface area (Å²) in [5.41, 5.74) is 11.6. The van der Waals surface area contributed by atoms with Crippen molar-refractivity contribution in [2.45, 2.75) is 36.5 Å². The Morgan fingerprint density at radius 2 is 0.794 bits per heavy atom. The maximum absolute atomic E-state index is 2.52. The summed E-state index contributed by atoms with van der Waals surface area (Å²) in [6, 6.07) is 40.7. The van der Waals surface area contributed by atoms with Gasteiger partial charge in [0.05, 0.1) is 0 Å². The van der Waals surface area contributed by atoms with E-state index in [-0.39, 0.29) is 10.8 Å². The first-order valence-corrected chi connectivity index (χ1v) is 12.5. The van der Waals surface area contributed by atoms with Gasteiger partial charge >= 0.3 is 0 Å². The lowest BCUT2D eigenvalue weighted by Crippen LogP contribution is -2.61. The smallest absolute Gasteiger partial charge is 0.0346 e. The molecule has 0 amide bonds. The summed E-state index contributed by atoms with van der Waals surface area (Å²) in [7, 11) is 0. The molecule has 1 fully saturated rings. The fourth-order valence-corrected chi connectivity index (χ4v) is 7.25. The van der Waals surface area contributed by atoms with E-state index in [2.05, 4.69) is 121 Å². The summed E-state index contributed by atoms with van der Waals surface area (Å²) in [5.74, 6) is 0. The molecular formula is C34H28. The molecule has 3 aliphatic rings. The number of hydrogen-bond donors (Lipinski definition) is 0. The third-order valence-electron chi connectivity index (χ3n) is 8.72. The summed E-state index contributed by atoms with van der Waals surface area (Å²) >= 11 is 0. The second-order valence-corrected chi connectivity index (χ2v) is 10.1. The van der Waals surface area contributed by atoms with Gasteiger partial charge in [-0.05, 0) is 70.2 Å². The van der Waals surface area contributed by atoms with Crippen LogP contribution in [0.3, 0.4) is 0 Å². The molecular weight excluding hydrogens is 408 g/mol. The zero-order valence-corrected chi connectivity index (χ0v) is 19.4. The van der Waals surface area contributed by atoms with Gasteiger partial charge in [-0.2, -0.15) is 0 Å². The molecule has 0 bridgehead atoms. The van der Waals surface area contributed by atoms with Crippen LogP contribution in [0.4, 0.5) is 0 Å². The molecule has 1 saturated carbocycles. The lowest BCUT2D eigenvalue weighted by Gasteiger charge is -2.64. The maximum Gasteiger partial charge on any atom is 0.0346 e. The van der Waals surface area contributed by atoms with Crippen LogP contribution in [0, 0.1) is 0 Å². The second-order valence-electron chi connectivity index (χ2n) is 10.1. The van der Waals surface area contributed by atoms with Crippen LogP contribution in [-0.2, 0) is 23.7 Å². The van der Waals surface area contributed by atoms with E-state index in [1.807, 2.05) is 0 Å². The molecule has 0 unspecified atom stereocenters. The summed E-state index contributed by atoms with van der Waals surface area (Å²) in [5, 5.41) is 0. The Morgan fingerprint density at radius 1 is 0.412 bits per heavy atom. The molecule has 0 nitrogen and oxygen atoms in total. The van der Waals surface area contributed by atoms with Crippen molar-refractivity contribution in [2.75, 3.05) is 0 Å². The standard InChI is InChI=1S/C34H28/c1-3-15-29(16-4-1)33-21-19-25-11-7-9-13-27(25)23-31(33)32-24-28-14-10-8-12-26(28)20-22-34(32,33)30-17-5-2-6-18-30/h1-18,23-24H,19-22H2/t33-,34-/m0/s1. The first kappa shape index (κ1) is 19.8. The van der Waals surface area contributed by atoms with E-state index in [4.69, 9.17) is 0 Å². The summed E-state index contributed by atoms with van der Waals surface area (Å²) in [4.78, 5) is 0. The Morgan fingerprint density at radius 3 is 1.24 bits per heavy atom. The van der Waals surface area contributed by atoms with E-state index in [1.54, 1.807) is 0 Å². The monoisotopic (exact) mass is 436 g/mol. The summed E-state index contributed by atoms with van der Waals surface area (Å²) in [6.07, 6.45) is 9.50. The minimum Gasteiger partial charge on any atom is -0.0622 e. The molecule has 3 aliphatic carbocycles. The number of fused-ring (bicyclic) bond motifs is 6. The van der Waals surface area contributed by atoms with Crippen molar-refractivity contribution in [1.29, 1.82) is 0 Å². The number of rotatable bonds is 2. The number of hydrogen-bond acceptors (Lipinski definition) is 0. The van der Waals surface area contributed by atoms with Crippen LogP contribution in [0.2, 0.25) is 0 Å². The zero-order chi connectivity index (χ0) is 22.6. The quantitative estimate of drug-likeness (QED) is 0.299. The third kappa shape index (κ3) is 2.54. The topological polar surface area (TPSA) is 0 Å². The molecule has 2 atom stereocenters. The molecule has 0 heteroatoms. The molecule has 0 aliphatic heterocycles. The summed E-state index contributed by atoms with van der Waals surface area (Å²) in [6.45, 7) is 0. The normalized spacial score (nSPS) is 24.6. The minimum atomic E-state index is -0.0392. The van der Waals surface area contributed by atoms with Crippen molar-refractivity contribution in [3.63, 3.8) is 0 Å². The minimum absolute atomic E-state index is 0.0392. The van der Waals surface area contributed by atoms with E-state index in [1.165, 1.54) is 44.5 Å². The zero-order valence-electron chi connectivity index (χ0n) is 19.4. The Bertz CT molecular complexity index is 1330. The highest BCUT2D eigenvalue weighted by atomic mass is 14.7. The Kier molecular flexibility index (Phi) is 4.33. The first-order valence-electron chi connectivity index (χ1n) is 12.5. The first-order chi connectivity index (χ1) is 16.8. The van der Waals surface area contributed by atoms with Crippen molar-refractivity contribution >= 4 is 12.2 Å². The van der Waals surface area contributed by atoms with E-state index in [0.29, 0.717) is 0 Å². The number of aryl methyl sites for hydroxylation is 2. The Hall–Kier alpha value is -3.64. The maximum atomic E-state index is 2.52. The van der Waals surface area contributed by atoms with Gasteiger partial charge in [0.15, 0.2) is 0 Å². The second kappa shape index (κ2) is 7.43. The number of benzene rings is 4. The molecule has 0 heterocycles. The van der Waals surface area contributed by atoms with E-state index in [0.717, 1.165) is 25.7 Å². The van der Waals surface area contributed by atoms with Gasteiger partial charge in [-0.25, -0.2) is 0 Å². The molecule has 7 rings (SSSR count). The predicted molar refractivity (Wildman–Crippen MR) is 142 cm³/mol. The fraction of sp³-hybridized carbons (Fsp3) is 0.176. The van der Waals surface area contributed by atoms with Crippen LogP contribution in [-0.4, -0.2) is 0 Å². The molecule has 4 aromatic carbocycles. The average Bonchev–Trinajstić information content (AvgIpc) is 3.15. The fourth-order valence-electron chi connectivity index (χ4n) is 7.25. The van der Waals surface area contributed by atoms with Gasteiger partial charge in [0.2, 0.25) is 0 Å². The van der Waals surface area contributed by atoms with Crippen LogP contribution in [0.1, 0.15) is 46.2 Å². The average molecular weight is 437 g/mol. The highest BCUT2D eigenvalue weighted by Crippen LogP contribution is 2.71. The van der Waals surface area contributed by atoms with Crippen LogP contribution in [0.5, 0.6) is 0 Å². The lowest BCUT2D eigenvalue weighted by molar-refractivity contribution is 0.208. The van der Waals surface area contributed by atoms with Gasteiger partial charge in [-0.1, -0.05) is 121 Å². The molecule has 0 radical (unpaired) electrons. The van der Waals surface area contributed by atoms with Crippen molar-refractivity contribution in [2.24, 2.45) is 0 Å².